The number of hydrogen-bond donors (Lipinski definition) is 2. The van der Waals surface area contributed by atoms with Gasteiger partial charge in [0.2, 0.25) is 0 Å². The maximum atomic E-state index is 12.9. The first-order chi connectivity index (χ1) is 11.8. The van der Waals surface area contributed by atoms with Gasteiger partial charge in [-0.2, -0.15) is 13.2 Å². The topological polar surface area (TPSA) is 65.7 Å². The molecule has 2 aromatic rings. The summed E-state index contributed by atoms with van der Waals surface area (Å²) in [4.78, 5) is 28.9. The molecule has 134 valence electrons. The number of benzene rings is 1. The lowest BCUT2D eigenvalue weighted by atomic mass is 9.84. The van der Waals surface area contributed by atoms with Crippen molar-refractivity contribution >= 4 is 0 Å². The van der Waals surface area contributed by atoms with Crippen LogP contribution >= 0.6 is 0 Å². The van der Waals surface area contributed by atoms with Crippen molar-refractivity contribution < 1.29 is 13.2 Å². The number of H-pyrrole nitrogens is 2. The predicted octanol–water partition coefficient (Wildman–Crippen LogP) is 3.72. The number of hydrogen-bond acceptors (Lipinski definition) is 2. The molecular formula is C18H19F3N2O2. The van der Waals surface area contributed by atoms with Crippen molar-refractivity contribution in [1.29, 1.82) is 0 Å². The second-order valence-electron chi connectivity index (χ2n) is 6.51. The maximum absolute atomic E-state index is 12.9. The monoisotopic (exact) mass is 352 g/mol. The van der Waals surface area contributed by atoms with Gasteiger partial charge in [-0.05, 0) is 30.4 Å². The van der Waals surface area contributed by atoms with E-state index in [1.807, 2.05) is 0 Å². The number of aromatic nitrogens is 2. The number of nitrogens with one attached hydrogen (secondary N) is 2. The summed E-state index contributed by atoms with van der Waals surface area (Å²) in [7, 11) is 0. The molecule has 1 saturated carbocycles. The lowest BCUT2D eigenvalue weighted by Crippen LogP contribution is -2.30. The summed E-state index contributed by atoms with van der Waals surface area (Å²) in [6, 6.07) is 4.95. The first-order valence-corrected chi connectivity index (χ1v) is 8.36. The summed E-state index contributed by atoms with van der Waals surface area (Å²) in [6.07, 6.45) is 0.517. The molecule has 25 heavy (non-hydrogen) atoms. The van der Waals surface area contributed by atoms with Crippen molar-refractivity contribution in [1.82, 2.24) is 9.97 Å². The van der Waals surface area contributed by atoms with Gasteiger partial charge in [0.05, 0.1) is 5.56 Å². The van der Waals surface area contributed by atoms with Gasteiger partial charge in [-0.15, -0.1) is 0 Å². The number of rotatable bonds is 3. The fourth-order valence-electron chi connectivity index (χ4n) is 3.51. The molecule has 0 radical (unpaired) electrons. The molecule has 0 saturated heterocycles. The molecule has 4 nitrogen and oxygen atoms in total. The zero-order valence-corrected chi connectivity index (χ0v) is 13.6. The van der Waals surface area contributed by atoms with Crippen LogP contribution in [-0.4, -0.2) is 9.97 Å². The predicted molar refractivity (Wildman–Crippen MR) is 87.8 cm³/mol. The summed E-state index contributed by atoms with van der Waals surface area (Å²) in [5.74, 6) is 0.0737. The number of aromatic amines is 2. The Hall–Kier alpha value is -2.31. The summed E-state index contributed by atoms with van der Waals surface area (Å²) in [5.41, 5.74) is -0.522. The second kappa shape index (κ2) is 6.90. The van der Waals surface area contributed by atoms with Crippen LogP contribution in [-0.2, 0) is 12.6 Å². The fraction of sp³-hybridized carbons (Fsp3) is 0.444. The van der Waals surface area contributed by atoms with E-state index in [-0.39, 0.29) is 12.3 Å². The van der Waals surface area contributed by atoms with E-state index in [0.717, 1.165) is 44.2 Å². The van der Waals surface area contributed by atoms with Gasteiger partial charge in [0.25, 0.3) is 5.56 Å². The van der Waals surface area contributed by atoms with Gasteiger partial charge in [-0.25, -0.2) is 4.79 Å². The molecule has 7 heteroatoms. The van der Waals surface area contributed by atoms with Crippen molar-refractivity contribution in [2.75, 3.05) is 0 Å². The zero-order chi connectivity index (χ0) is 18.0. The smallest absolute Gasteiger partial charge is 0.311 e. The van der Waals surface area contributed by atoms with Crippen LogP contribution in [0.15, 0.2) is 33.9 Å². The van der Waals surface area contributed by atoms with Gasteiger partial charge in [0.15, 0.2) is 0 Å². The standard InChI is InChI=1S/C18H19F3N2O2/c19-18(20,21)13-8-4-5-11(9-13)10-14-15(12-6-2-1-3-7-12)22-17(25)23-16(14)24/h4-5,8-9,12H,1-3,6-7,10H2,(H2,22,23,24,25). The molecular weight excluding hydrogens is 333 g/mol. The minimum absolute atomic E-state index is 0.0574. The van der Waals surface area contributed by atoms with Crippen LogP contribution in [0.4, 0.5) is 13.2 Å². The molecule has 3 rings (SSSR count). The van der Waals surface area contributed by atoms with E-state index in [4.69, 9.17) is 0 Å². The van der Waals surface area contributed by atoms with Gasteiger partial charge < -0.3 is 4.98 Å². The SMILES string of the molecule is O=c1[nH]c(C2CCCCC2)c(Cc2cccc(C(F)(F)F)c2)c(=O)[nH]1. The van der Waals surface area contributed by atoms with E-state index in [2.05, 4.69) is 9.97 Å². The third-order valence-electron chi connectivity index (χ3n) is 4.72. The average molecular weight is 352 g/mol. The molecule has 1 fully saturated rings. The Bertz CT molecular complexity index is 862. The molecule has 0 spiro atoms. The highest BCUT2D eigenvalue weighted by atomic mass is 19.4. The maximum Gasteiger partial charge on any atom is 0.416 e. The third kappa shape index (κ3) is 4.03. The minimum Gasteiger partial charge on any atom is -0.311 e. The van der Waals surface area contributed by atoms with Crippen LogP contribution < -0.4 is 11.2 Å². The summed E-state index contributed by atoms with van der Waals surface area (Å²) >= 11 is 0. The zero-order valence-electron chi connectivity index (χ0n) is 13.6. The largest absolute Gasteiger partial charge is 0.416 e. The van der Waals surface area contributed by atoms with E-state index in [0.29, 0.717) is 16.8 Å². The summed E-state index contributed by atoms with van der Waals surface area (Å²) < 4.78 is 38.7. The Morgan fingerprint density at radius 3 is 2.44 bits per heavy atom. The molecule has 0 atom stereocenters. The van der Waals surface area contributed by atoms with E-state index in [9.17, 15) is 22.8 Å². The van der Waals surface area contributed by atoms with Crippen molar-refractivity contribution in [3.8, 4) is 0 Å². The first-order valence-electron chi connectivity index (χ1n) is 8.36. The molecule has 2 N–H and O–H groups in total. The molecule has 1 aromatic carbocycles. The Morgan fingerprint density at radius 2 is 1.76 bits per heavy atom. The van der Waals surface area contributed by atoms with Gasteiger partial charge in [0, 0.05) is 17.7 Å². The highest BCUT2D eigenvalue weighted by Gasteiger charge is 2.30. The molecule has 0 aliphatic heterocycles. The molecule has 1 aromatic heterocycles. The normalized spacial score (nSPS) is 16.1. The lowest BCUT2D eigenvalue weighted by Gasteiger charge is -2.23. The Morgan fingerprint density at radius 1 is 1.04 bits per heavy atom. The summed E-state index contributed by atoms with van der Waals surface area (Å²) in [5, 5.41) is 0. The average Bonchev–Trinajstić information content (AvgIpc) is 2.57. The molecule has 0 bridgehead atoms. The molecule has 0 amide bonds. The highest BCUT2D eigenvalue weighted by Crippen LogP contribution is 2.33. The van der Waals surface area contributed by atoms with Crippen molar-refractivity contribution in [2.45, 2.75) is 50.6 Å². The third-order valence-corrected chi connectivity index (χ3v) is 4.72. The Labute approximate surface area is 142 Å². The van der Waals surface area contributed by atoms with Crippen LogP contribution in [0.25, 0.3) is 0 Å². The quantitative estimate of drug-likeness (QED) is 0.884. The second-order valence-corrected chi connectivity index (χ2v) is 6.51. The highest BCUT2D eigenvalue weighted by molar-refractivity contribution is 5.32. The van der Waals surface area contributed by atoms with E-state index in [1.54, 1.807) is 6.07 Å². The molecule has 1 heterocycles. The fourth-order valence-corrected chi connectivity index (χ4v) is 3.51. The van der Waals surface area contributed by atoms with E-state index in [1.165, 1.54) is 6.07 Å². The van der Waals surface area contributed by atoms with Gasteiger partial charge in [-0.1, -0.05) is 37.5 Å². The van der Waals surface area contributed by atoms with Crippen LogP contribution in [0, 0.1) is 0 Å². The van der Waals surface area contributed by atoms with Crippen LogP contribution in [0.3, 0.4) is 0 Å². The number of alkyl halides is 3. The van der Waals surface area contributed by atoms with Crippen LogP contribution in [0.1, 0.15) is 60.4 Å². The van der Waals surface area contributed by atoms with Gasteiger partial charge in [-0.3, -0.25) is 9.78 Å². The van der Waals surface area contributed by atoms with E-state index < -0.39 is 23.0 Å². The Balaban J connectivity index is 2.00. The molecule has 1 aliphatic carbocycles. The van der Waals surface area contributed by atoms with Crippen molar-refractivity contribution in [3.63, 3.8) is 0 Å². The van der Waals surface area contributed by atoms with E-state index >= 15 is 0 Å². The molecule has 0 unspecified atom stereocenters. The van der Waals surface area contributed by atoms with Crippen LogP contribution in [0.2, 0.25) is 0 Å². The number of halogens is 3. The molecule has 1 aliphatic rings. The first kappa shape index (κ1) is 17.5. The lowest BCUT2D eigenvalue weighted by molar-refractivity contribution is -0.137. The van der Waals surface area contributed by atoms with Crippen LogP contribution in [0.5, 0.6) is 0 Å². The van der Waals surface area contributed by atoms with Crippen molar-refractivity contribution in [3.05, 3.63) is 67.5 Å². The Kier molecular flexibility index (Phi) is 4.83. The minimum atomic E-state index is -4.43. The van der Waals surface area contributed by atoms with Gasteiger partial charge in [0.1, 0.15) is 0 Å². The van der Waals surface area contributed by atoms with Gasteiger partial charge >= 0.3 is 11.9 Å². The van der Waals surface area contributed by atoms with Crippen molar-refractivity contribution in [2.24, 2.45) is 0 Å². The summed E-state index contributed by atoms with van der Waals surface area (Å²) in [6.45, 7) is 0.